The fourth-order valence-corrected chi connectivity index (χ4v) is 3.43. The van der Waals surface area contributed by atoms with E-state index in [2.05, 4.69) is 67.4 Å². The lowest BCUT2D eigenvalue weighted by Crippen LogP contribution is -2.42. The van der Waals surface area contributed by atoms with E-state index >= 15 is 0 Å². The summed E-state index contributed by atoms with van der Waals surface area (Å²) in [5.74, 6) is 0.721. The summed E-state index contributed by atoms with van der Waals surface area (Å²) in [6.07, 6.45) is 2.66. The zero-order valence-corrected chi connectivity index (χ0v) is 13.4. The van der Waals surface area contributed by atoms with Gasteiger partial charge < -0.3 is 10.2 Å². The van der Waals surface area contributed by atoms with Crippen LogP contribution in [0, 0.1) is 5.92 Å². The largest absolute Gasteiger partial charge is 0.378 e. The van der Waals surface area contributed by atoms with Crippen LogP contribution in [0.1, 0.15) is 31.4 Å². The molecule has 1 aromatic carbocycles. The Morgan fingerprint density at radius 3 is 2.50 bits per heavy atom. The van der Waals surface area contributed by atoms with Crippen molar-refractivity contribution in [2.75, 3.05) is 45.7 Å². The van der Waals surface area contributed by atoms with Crippen molar-refractivity contribution in [3.05, 3.63) is 29.8 Å². The third kappa shape index (κ3) is 3.33. The first kappa shape index (κ1) is 15.3. The Labute approximate surface area is 124 Å². The molecule has 112 valence electrons. The van der Waals surface area contributed by atoms with Gasteiger partial charge in [0, 0.05) is 25.8 Å². The summed E-state index contributed by atoms with van der Waals surface area (Å²) >= 11 is 0. The van der Waals surface area contributed by atoms with Gasteiger partial charge in [-0.25, -0.2) is 0 Å². The molecule has 0 spiro atoms. The number of anilines is 1. The molecule has 0 aliphatic carbocycles. The van der Waals surface area contributed by atoms with Crippen LogP contribution >= 0.6 is 0 Å². The fraction of sp³-hybridized carbons (Fsp3) is 0.647. The number of benzene rings is 1. The van der Waals surface area contributed by atoms with Crippen molar-refractivity contribution in [3.63, 3.8) is 0 Å². The van der Waals surface area contributed by atoms with Gasteiger partial charge in [0.25, 0.3) is 0 Å². The molecule has 0 amide bonds. The molecule has 0 aromatic heterocycles. The van der Waals surface area contributed by atoms with Crippen molar-refractivity contribution >= 4 is 5.69 Å². The van der Waals surface area contributed by atoms with Gasteiger partial charge in [-0.3, -0.25) is 4.90 Å². The molecule has 1 aliphatic rings. The van der Waals surface area contributed by atoms with E-state index < -0.39 is 0 Å². The monoisotopic (exact) mass is 275 g/mol. The summed E-state index contributed by atoms with van der Waals surface area (Å²) in [5, 5.41) is 3.38. The van der Waals surface area contributed by atoms with Crippen LogP contribution in [0.5, 0.6) is 0 Å². The molecule has 1 aliphatic heterocycles. The molecule has 0 radical (unpaired) electrons. The van der Waals surface area contributed by atoms with Crippen LogP contribution in [-0.2, 0) is 0 Å². The molecular weight excluding hydrogens is 246 g/mol. The molecule has 3 heteroatoms. The van der Waals surface area contributed by atoms with Gasteiger partial charge in [0.2, 0.25) is 0 Å². The maximum absolute atomic E-state index is 3.38. The highest BCUT2D eigenvalue weighted by atomic mass is 15.2. The van der Waals surface area contributed by atoms with E-state index in [0.29, 0.717) is 6.04 Å². The van der Waals surface area contributed by atoms with Crippen molar-refractivity contribution < 1.29 is 0 Å². The number of nitrogens with one attached hydrogen (secondary N) is 1. The second-order valence-corrected chi connectivity index (χ2v) is 6.02. The van der Waals surface area contributed by atoms with E-state index in [1.165, 1.54) is 30.6 Å². The molecule has 1 fully saturated rings. The van der Waals surface area contributed by atoms with Gasteiger partial charge in [-0.05, 0) is 63.1 Å². The summed E-state index contributed by atoms with van der Waals surface area (Å²) < 4.78 is 0. The first-order valence-corrected chi connectivity index (χ1v) is 7.83. The smallest absolute Gasteiger partial charge is 0.0388 e. The van der Waals surface area contributed by atoms with E-state index in [-0.39, 0.29) is 0 Å². The van der Waals surface area contributed by atoms with E-state index in [9.17, 15) is 0 Å². The molecule has 1 N–H and O–H groups in total. The summed E-state index contributed by atoms with van der Waals surface area (Å²) in [5.41, 5.74) is 2.75. The summed E-state index contributed by atoms with van der Waals surface area (Å²) in [6, 6.07) is 9.69. The molecule has 1 saturated heterocycles. The number of piperidine rings is 1. The van der Waals surface area contributed by atoms with E-state index in [1.807, 2.05) is 0 Å². The SMILES string of the molecule is CCN1CCCC(CNC)C1c1ccc(N(C)C)cc1. The molecule has 1 heterocycles. The van der Waals surface area contributed by atoms with Gasteiger partial charge in [0.15, 0.2) is 0 Å². The Morgan fingerprint density at radius 1 is 1.25 bits per heavy atom. The Bertz CT molecular complexity index is 397. The molecular formula is C17H29N3. The minimum Gasteiger partial charge on any atom is -0.378 e. The minimum atomic E-state index is 0.567. The second-order valence-electron chi connectivity index (χ2n) is 6.02. The van der Waals surface area contributed by atoms with Crippen LogP contribution < -0.4 is 10.2 Å². The van der Waals surface area contributed by atoms with Crippen LogP contribution in [0.25, 0.3) is 0 Å². The number of hydrogen-bond acceptors (Lipinski definition) is 3. The first-order chi connectivity index (χ1) is 9.67. The van der Waals surface area contributed by atoms with Crippen LogP contribution in [0.2, 0.25) is 0 Å². The van der Waals surface area contributed by atoms with Crippen molar-refractivity contribution in [2.24, 2.45) is 5.92 Å². The third-order valence-electron chi connectivity index (χ3n) is 4.48. The Morgan fingerprint density at radius 2 is 1.95 bits per heavy atom. The highest BCUT2D eigenvalue weighted by Crippen LogP contribution is 2.36. The standard InChI is InChI=1S/C17H29N3/c1-5-20-12-6-7-15(13-18-2)17(20)14-8-10-16(11-9-14)19(3)4/h8-11,15,17-18H,5-7,12-13H2,1-4H3. The molecule has 0 saturated carbocycles. The second kappa shape index (κ2) is 7.09. The lowest BCUT2D eigenvalue weighted by atomic mass is 9.84. The summed E-state index contributed by atoms with van der Waals surface area (Å²) in [4.78, 5) is 4.80. The number of nitrogens with zero attached hydrogens (tertiary/aromatic N) is 2. The van der Waals surface area contributed by atoms with Gasteiger partial charge in [0.05, 0.1) is 0 Å². The lowest BCUT2D eigenvalue weighted by Gasteiger charge is -2.41. The molecule has 0 bridgehead atoms. The van der Waals surface area contributed by atoms with Crippen LogP contribution in [0.4, 0.5) is 5.69 Å². The molecule has 2 rings (SSSR count). The molecule has 2 atom stereocenters. The molecule has 1 aromatic rings. The Kier molecular flexibility index (Phi) is 5.44. The number of likely N-dealkylation sites (tertiary alicyclic amines) is 1. The number of rotatable bonds is 5. The van der Waals surface area contributed by atoms with E-state index in [4.69, 9.17) is 0 Å². The topological polar surface area (TPSA) is 18.5 Å². The third-order valence-corrected chi connectivity index (χ3v) is 4.48. The van der Waals surface area contributed by atoms with Gasteiger partial charge in [0.1, 0.15) is 0 Å². The van der Waals surface area contributed by atoms with Crippen molar-refractivity contribution in [2.45, 2.75) is 25.8 Å². The Hall–Kier alpha value is -1.06. The van der Waals surface area contributed by atoms with E-state index in [0.717, 1.165) is 19.0 Å². The van der Waals surface area contributed by atoms with E-state index in [1.54, 1.807) is 0 Å². The molecule has 3 nitrogen and oxygen atoms in total. The zero-order chi connectivity index (χ0) is 14.5. The fourth-order valence-electron chi connectivity index (χ4n) is 3.43. The maximum Gasteiger partial charge on any atom is 0.0388 e. The van der Waals surface area contributed by atoms with Gasteiger partial charge in [-0.15, -0.1) is 0 Å². The van der Waals surface area contributed by atoms with Crippen molar-refractivity contribution in [3.8, 4) is 0 Å². The van der Waals surface area contributed by atoms with Crippen molar-refractivity contribution in [1.82, 2.24) is 10.2 Å². The van der Waals surface area contributed by atoms with Crippen molar-refractivity contribution in [1.29, 1.82) is 0 Å². The molecule has 2 unspecified atom stereocenters. The quantitative estimate of drug-likeness (QED) is 0.891. The zero-order valence-electron chi connectivity index (χ0n) is 13.4. The average molecular weight is 275 g/mol. The molecule has 20 heavy (non-hydrogen) atoms. The maximum atomic E-state index is 3.38. The number of hydrogen-bond donors (Lipinski definition) is 1. The predicted molar refractivity (Wildman–Crippen MR) is 87.4 cm³/mol. The first-order valence-electron chi connectivity index (χ1n) is 7.83. The van der Waals surface area contributed by atoms with Gasteiger partial charge in [-0.1, -0.05) is 19.1 Å². The minimum absolute atomic E-state index is 0.567. The highest BCUT2D eigenvalue weighted by Gasteiger charge is 2.31. The van der Waals surface area contributed by atoms with Crippen LogP contribution in [-0.4, -0.2) is 45.7 Å². The van der Waals surface area contributed by atoms with Crippen LogP contribution in [0.3, 0.4) is 0 Å². The van der Waals surface area contributed by atoms with Gasteiger partial charge >= 0.3 is 0 Å². The average Bonchev–Trinajstić information content (AvgIpc) is 2.47. The summed E-state index contributed by atoms with van der Waals surface area (Å²) in [7, 11) is 6.26. The normalized spacial score (nSPS) is 23.8. The summed E-state index contributed by atoms with van der Waals surface area (Å²) in [6.45, 7) is 5.76. The highest BCUT2D eigenvalue weighted by molar-refractivity contribution is 5.46. The van der Waals surface area contributed by atoms with Crippen LogP contribution in [0.15, 0.2) is 24.3 Å². The van der Waals surface area contributed by atoms with Gasteiger partial charge in [-0.2, -0.15) is 0 Å². The Balaban J connectivity index is 2.23. The lowest BCUT2D eigenvalue weighted by molar-refractivity contribution is 0.0982. The predicted octanol–water partition coefficient (Wildman–Crippen LogP) is 2.75.